The molecule has 7 nitrogen and oxygen atoms in total. The molecule has 1 aliphatic rings. The van der Waals surface area contributed by atoms with Gasteiger partial charge in [0, 0.05) is 16.3 Å². The fourth-order valence-electron chi connectivity index (χ4n) is 4.00. The first-order chi connectivity index (χ1) is 18.1. The van der Waals surface area contributed by atoms with E-state index in [1.54, 1.807) is 41.4 Å². The minimum atomic E-state index is -0.891. The molecule has 2 N–H and O–H groups in total. The second-order valence-corrected chi connectivity index (χ2v) is 8.64. The normalized spacial score (nSPS) is 15.8. The molecule has 0 saturated carbocycles. The van der Waals surface area contributed by atoms with Crippen molar-refractivity contribution in [3.8, 4) is 0 Å². The van der Waals surface area contributed by atoms with E-state index in [1.807, 2.05) is 78.9 Å². The van der Waals surface area contributed by atoms with Crippen LogP contribution >= 0.6 is 11.6 Å². The molecule has 4 aromatic carbocycles. The zero-order chi connectivity index (χ0) is 25.6. The molecule has 0 aromatic heterocycles. The van der Waals surface area contributed by atoms with Gasteiger partial charge in [0.1, 0.15) is 5.92 Å². The van der Waals surface area contributed by atoms with Gasteiger partial charge in [-0.25, -0.2) is 15.2 Å². The Morgan fingerprint density at radius 3 is 2.14 bits per heavy atom. The number of hydrazone groups is 2. The molecule has 4 aromatic rings. The minimum absolute atomic E-state index is 0.243. The van der Waals surface area contributed by atoms with Crippen molar-refractivity contribution in [1.29, 1.82) is 0 Å². The van der Waals surface area contributed by atoms with Crippen molar-refractivity contribution in [1.82, 2.24) is 5.43 Å². The highest BCUT2D eigenvalue weighted by Gasteiger charge is 2.41. The number of hydrogen-bond acceptors (Lipinski definition) is 4. The van der Waals surface area contributed by atoms with E-state index in [9.17, 15) is 9.59 Å². The minimum Gasteiger partial charge on any atom is -0.307 e. The topological polar surface area (TPSA) is 86.2 Å². The van der Waals surface area contributed by atoms with Gasteiger partial charge in [-0.3, -0.25) is 4.79 Å². The summed E-state index contributed by atoms with van der Waals surface area (Å²) in [7, 11) is 0. The molecule has 182 valence electrons. The standard InChI is InChI=1S/C29H22ClN5O2/c30-22-14-10-13-21(19-22)27(36)25-26(20-11-4-1-5-12-20)34-35(24-17-8-3-9-18-24)28(25)32-33-29(37)31-23-15-6-2-7-16-23/h1-19,25H,(H2,31,33,37). The van der Waals surface area contributed by atoms with Crippen molar-refractivity contribution in [2.75, 3.05) is 10.3 Å². The van der Waals surface area contributed by atoms with Crippen LogP contribution in [0.2, 0.25) is 5.02 Å². The summed E-state index contributed by atoms with van der Waals surface area (Å²) in [6.45, 7) is 0. The van der Waals surface area contributed by atoms with Gasteiger partial charge in [-0.1, -0.05) is 90.5 Å². The Bertz CT molecular complexity index is 1470. The van der Waals surface area contributed by atoms with E-state index in [0.717, 1.165) is 5.56 Å². The molecule has 2 amide bonds. The number of amides is 2. The fourth-order valence-corrected chi connectivity index (χ4v) is 4.19. The summed E-state index contributed by atoms with van der Waals surface area (Å²) in [6, 6.07) is 34.0. The number of amidine groups is 1. The molecule has 5 rings (SSSR count). The summed E-state index contributed by atoms with van der Waals surface area (Å²) in [6.07, 6.45) is 0. The van der Waals surface area contributed by atoms with Gasteiger partial charge in [0.25, 0.3) is 0 Å². The molecule has 0 saturated heterocycles. The number of carbonyl (C=O) groups excluding carboxylic acids is 2. The van der Waals surface area contributed by atoms with Gasteiger partial charge < -0.3 is 5.32 Å². The number of nitrogens with zero attached hydrogens (tertiary/aromatic N) is 3. The van der Waals surface area contributed by atoms with E-state index in [4.69, 9.17) is 16.7 Å². The molecule has 0 spiro atoms. The monoisotopic (exact) mass is 507 g/mol. The van der Waals surface area contributed by atoms with Crippen LogP contribution in [0.5, 0.6) is 0 Å². The van der Waals surface area contributed by atoms with E-state index >= 15 is 0 Å². The molecule has 1 heterocycles. The highest BCUT2D eigenvalue weighted by molar-refractivity contribution is 6.36. The van der Waals surface area contributed by atoms with Crippen LogP contribution in [0.1, 0.15) is 15.9 Å². The molecule has 0 radical (unpaired) electrons. The van der Waals surface area contributed by atoms with Crippen LogP contribution in [0.15, 0.2) is 125 Å². The van der Waals surface area contributed by atoms with Crippen molar-refractivity contribution in [2.45, 2.75) is 0 Å². The predicted molar refractivity (Wildman–Crippen MR) is 147 cm³/mol. The van der Waals surface area contributed by atoms with Crippen LogP contribution in [0.3, 0.4) is 0 Å². The Labute approximate surface area is 219 Å². The number of rotatable bonds is 6. The third kappa shape index (κ3) is 5.42. The smallest absolute Gasteiger partial charge is 0.307 e. The second-order valence-electron chi connectivity index (χ2n) is 8.21. The lowest BCUT2D eigenvalue weighted by Gasteiger charge is -2.19. The van der Waals surface area contributed by atoms with E-state index < -0.39 is 11.9 Å². The van der Waals surface area contributed by atoms with Crippen molar-refractivity contribution in [3.63, 3.8) is 0 Å². The first kappa shape index (κ1) is 24.0. The highest BCUT2D eigenvalue weighted by atomic mass is 35.5. The molecular weight excluding hydrogens is 486 g/mol. The van der Waals surface area contributed by atoms with E-state index in [0.29, 0.717) is 27.7 Å². The van der Waals surface area contributed by atoms with Gasteiger partial charge in [-0.15, -0.1) is 0 Å². The zero-order valence-electron chi connectivity index (χ0n) is 19.6. The van der Waals surface area contributed by atoms with E-state index in [2.05, 4.69) is 15.8 Å². The lowest BCUT2D eigenvalue weighted by molar-refractivity contribution is 0.0979. The molecule has 0 aliphatic carbocycles. The van der Waals surface area contributed by atoms with Gasteiger partial charge in [0.15, 0.2) is 11.6 Å². The molecule has 37 heavy (non-hydrogen) atoms. The average Bonchev–Trinajstić information content (AvgIpc) is 3.32. The maximum Gasteiger partial charge on any atom is 0.339 e. The summed E-state index contributed by atoms with van der Waals surface area (Å²) in [5, 5.41) is 14.0. The average molecular weight is 508 g/mol. The van der Waals surface area contributed by atoms with Crippen LogP contribution in [0, 0.1) is 5.92 Å². The highest BCUT2D eigenvalue weighted by Crippen LogP contribution is 2.30. The number of urea groups is 1. The maximum atomic E-state index is 13.9. The number of Topliss-reactive ketones (excluding diaryl/α,β-unsaturated/α-hetero) is 1. The van der Waals surface area contributed by atoms with Gasteiger partial charge in [0.05, 0.1) is 11.4 Å². The number of hydrogen-bond donors (Lipinski definition) is 2. The lowest BCUT2D eigenvalue weighted by Crippen LogP contribution is -2.37. The van der Waals surface area contributed by atoms with Crippen molar-refractivity contribution >= 4 is 46.3 Å². The summed E-state index contributed by atoms with van der Waals surface area (Å²) in [4.78, 5) is 26.6. The lowest BCUT2D eigenvalue weighted by atomic mass is 9.89. The van der Waals surface area contributed by atoms with E-state index in [1.165, 1.54) is 0 Å². The number of anilines is 2. The maximum absolute atomic E-state index is 13.9. The predicted octanol–water partition coefficient (Wildman–Crippen LogP) is 6.20. The zero-order valence-corrected chi connectivity index (χ0v) is 20.3. The Balaban J connectivity index is 1.57. The number of carbonyl (C=O) groups is 2. The third-order valence-corrected chi connectivity index (χ3v) is 5.94. The number of halogens is 1. The van der Waals surface area contributed by atoms with Crippen LogP contribution in [0.25, 0.3) is 0 Å². The molecule has 8 heteroatoms. The second kappa shape index (κ2) is 10.9. The SMILES string of the molecule is O=C(NN=C1C(C(=O)c2cccc(Cl)c2)C(c2ccccc2)=NN1c1ccccc1)Nc1ccccc1. The van der Waals surface area contributed by atoms with Crippen LogP contribution < -0.4 is 15.8 Å². The van der Waals surface area contributed by atoms with Crippen molar-refractivity contribution in [2.24, 2.45) is 16.1 Å². The molecule has 0 fully saturated rings. The number of benzene rings is 4. The third-order valence-electron chi connectivity index (χ3n) is 5.70. The number of para-hydroxylation sites is 2. The Kier molecular flexibility index (Phi) is 7.05. The Morgan fingerprint density at radius 2 is 1.46 bits per heavy atom. The Morgan fingerprint density at radius 1 is 0.811 bits per heavy atom. The molecular formula is C29H22ClN5O2. The van der Waals surface area contributed by atoms with Gasteiger partial charge in [-0.2, -0.15) is 10.2 Å². The first-order valence-electron chi connectivity index (χ1n) is 11.6. The summed E-state index contributed by atoms with van der Waals surface area (Å²) >= 11 is 6.20. The Hall–Kier alpha value is -4.75. The molecule has 0 bridgehead atoms. The number of nitrogens with one attached hydrogen (secondary N) is 2. The summed E-state index contributed by atoms with van der Waals surface area (Å²) in [5.74, 6) is -0.871. The fraction of sp³-hybridized carbons (Fsp3) is 0.0345. The molecule has 1 unspecified atom stereocenters. The quantitative estimate of drug-likeness (QED) is 0.241. The van der Waals surface area contributed by atoms with Crippen LogP contribution in [-0.4, -0.2) is 23.4 Å². The first-order valence-corrected chi connectivity index (χ1v) is 12.0. The van der Waals surface area contributed by atoms with Crippen LogP contribution in [0.4, 0.5) is 16.2 Å². The summed E-state index contributed by atoms with van der Waals surface area (Å²) in [5.41, 5.74) is 5.54. The van der Waals surface area contributed by atoms with Gasteiger partial charge in [-0.05, 0) is 42.0 Å². The summed E-state index contributed by atoms with van der Waals surface area (Å²) < 4.78 is 0. The van der Waals surface area contributed by atoms with Gasteiger partial charge in [0.2, 0.25) is 0 Å². The van der Waals surface area contributed by atoms with Crippen molar-refractivity contribution < 1.29 is 9.59 Å². The molecule has 1 aliphatic heterocycles. The van der Waals surface area contributed by atoms with E-state index in [-0.39, 0.29) is 11.6 Å². The molecule has 1 atom stereocenters. The van der Waals surface area contributed by atoms with Gasteiger partial charge >= 0.3 is 6.03 Å². The largest absolute Gasteiger partial charge is 0.339 e. The van der Waals surface area contributed by atoms with Crippen molar-refractivity contribution in [3.05, 3.63) is 131 Å². The van der Waals surface area contributed by atoms with Crippen LogP contribution in [-0.2, 0) is 0 Å². The number of ketones is 1.